The zero-order chi connectivity index (χ0) is 10.8. The van der Waals surface area contributed by atoms with Crippen molar-refractivity contribution in [1.29, 1.82) is 0 Å². The molecule has 1 aliphatic carbocycles. The Morgan fingerprint density at radius 1 is 1.24 bits per heavy atom. The average molecular weight is 294 g/mol. The van der Waals surface area contributed by atoms with Gasteiger partial charge in [-0.15, -0.1) is 37.4 Å². The van der Waals surface area contributed by atoms with Crippen molar-refractivity contribution in [3.05, 3.63) is 23.8 Å². The topological polar surface area (TPSA) is 26.0 Å². The fourth-order valence-corrected chi connectivity index (χ4v) is 2.78. The van der Waals surface area contributed by atoms with Crippen molar-refractivity contribution in [3.8, 4) is 0 Å². The van der Waals surface area contributed by atoms with Gasteiger partial charge in [-0.2, -0.15) is 0 Å². The summed E-state index contributed by atoms with van der Waals surface area (Å²) < 4.78 is 0. The van der Waals surface area contributed by atoms with Crippen LogP contribution in [0.25, 0.3) is 0 Å². The first kappa shape index (κ1) is 16.9. The maximum Gasteiger partial charge on any atom is 0.0449 e. The summed E-state index contributed by atoms with van der Waals surface area (Å²) in [4.78, 5) is 0.922. The van der Waals surface area contributed by atoms with Crippen LogP contribution in [0.5, 0.6) is 0 Å². The second kappa shape index (κ2) is 7.40. The van der Waals surface area contributed by atoms with Crippen molar-refractivity contribution in [2.75, 3.05) is 5.73 Å². The van der Waals surface area contributed by atoms with Gasteiger partial charge < -0.3 is 5.73 Å². The Morgan fingerprint density at radius 3 is 2.53 bits per heavy atom. The highest BCUT2D eigenvalue weighted by Gasteiger charge is 2.20. The average Bonchev–Trinajstić information content (AvgIpc) is 2.22. The second-order valence-corrected chi connectivity index (χ2v) is 5.27. The molecule has 0 spiro atoms. The molecule has 0 saturated heterocycles. The third kappa shape index (κ3) is 4.27. The van der Waals surface area contributed by atoms with Gasteiger partial charge in [0.25, 0.3) is 0 Å². The number of hydrogen-bond donors (Lipinski definition) is 2. The number of thiol groups is 1. The van der Waals surface area contributed by atoms with E-state index in [4.69, 9.17) is 5.73 Å². The molecule has 0 aliphatic heterocycles. The van der Waals surface area contributed by atoms with E-state index in [1.54, 1.807) is 0 Å². The Morgan fingerprint density at radius 2 is 1.94 bits per heavy atom. The van der Waals surface area contributed by atoms with Gasteiger partial charge in [0.1, 0.15) is 0 Å². The summed E-state index contributed by atoms with van der Waals surface area (Å²) in [7, 11) is 0. The van der Waals surface area contributed by atoms with Crippen LogP contribution >= 0.6 is 37.4 Å². The lowest BCUT2D eigenvalue weighted by Gasteiger charge is -2.27. The molecule has 2 unspecified atom stereocenters. The van der Waals surface area contributed by atoms with Crippen LogP contribution in [0.3, 0.4) is 0 Å². The molecule has 1 fully saturated rings. The summed E-state index contributed by atoms with van der Waals surface area (Å²) in [5, 5.41) is 0. The number of anilines is 1. The van der Waals surface area contributed by atoms with Gasteiger partial charge in [0, 0.05) is 10.6 Å². The number of benzene rings is 1. The molecule has 2 rings (SSSR count). The number of rotatable bonds is 1. The van der Waals surface area contributed by atoms with Crippen molar-refractivity contribution >= 4 is 43.1 Å². The minimum Gasteiger partial charge on any atom is -0.398 e. The van der Waals surface area contributed by atoms with E-state index in [9.17, 15) is 0 Å². The molecule has 98 valence electrons. The number of nitrogens with two attached hydrogens (primary N) is 1. The molecule has 1 aliphatic rings. The molecule has 0 bridgehead atoms. The third-order valence-corrected chi connectivity index (χ3v) is 3.85. The second-order valence-electron chi connectivity index (χ2n) is 4.79. The summed E-state index contributed by atoms with van der Waals surface area (Å²) >= 11 is 4.38. The molecule has 1 aromatic carbocycles. The number of hydrogen-bond acceptors (Lipinski definition) is 2. The molecule has 0 heterocycles. The highest BCUT2D eigenvalue weighted by Crippen LogP contribution is 2.37. The summed E-state index contributed by atoms with van der Waals surface area (Å²) in [5.41, 5.74) is 7.97. The third-order valence-electron chi connectivity index (χ3n) is 3.46. The minimum absolute atomic E-state index is 0. The Bertz CT molecular complexity index is 357. The first-order chi connectivity index (χ1) is 7.16. The molecule has 2 atom stereocenters. The van der Waals surface area contributed by atoms with Gasteiger partial charge >= 0.3 is 0 Å². The first-order valence-electron chi connectivity index (χ1n) is 5.75. The van der Waals surface area contributed by atoms with Crippen LogP contribution in [0.1, 0.15) is 44.1 Å². The van der Waals surface area contributed by atoms with Crippen LogP contribution in [-0.2, 0) is 0 Å². The maximum atomic E-state index is 5.77. The Kier molecular flexibility index (Phi) is 7.38. The van der Waals surface area contributed by atoms with E-state index in [-0.39, 0.29) is 24.8 Å². The van der Waals surface area contributed by atoms with Gasteiger partial charge in [0.15, 0.2) is 0 Å². The van der Waals surface area contributed by atoms with Gasteiger partial charge in [-0.25, -0.2) is 0 Å². The number of nitrogen functional groups attached to an aromatic ring is 1. The molecule has 2 N–H and O–H groups in total. The van der Waals surface area contributed by atoms with E-state index in [1.165, 1.54) is 31.2 Å². The fourth-order valence-electron chi connectivity index (χ4n) is 2.55. The molecule has 0 aromatic heterocycles. The van der Waals surface area contributed by atoms with E-state index < -0.39 is 0 Å². The van der Waals surface area contributed by atoms with Gasteiger partial charge in [-0.1, -0.05) is 25.8 Å². The van der Waals surface area contributed by atoms with Gasteiger partial charge in [0.2, 0.25) is 0 Å². The Balaban J connectivity index is 0.00000128. The summed E-state index contributed by atoms with van der Waals surface area (Å²) in [6.45, 7) is 2.35. The minimum atomic E-state index is 0. The molecule has 17 heavy (non-hydrogen) atoms. The highest BCUT2D eigenvalue weighted by molar-refractivity contribution is 7.80. The largest absolute Gasteiger partial charge is 0.398 e. The molecule has 1 saturated carbocycles. The Labute approximate surface area is 122 Å². The van der Waals surface area contributed by atoms with Crippen molar-refractivity contribution in [1.82, 2.24) is 0 Å². The normalized spacial score (nSPS) is 23.4. The molecule has 1 nitrogen and oxygen atoms in total. The summed E-state index contributed by atoms with van der Waals surface area (Å²) in [5.74, 6) is 1.59. The van der Waals surface area contributed by atoms with Crippen LogP contribution in [0, 0.1) is 5.92 Å². The molecular weight excluding hydrogens is 273 g/mol. The van der Waals surface area contributed by atoms with Gasteiger partial charge in [0.05, 0.1) is 0 Å². The zero-order valence-electron chi connectivity index (χ0n) is 10.1. The van der Waals surface area contributed by atoms with Crippen LogP contribution in [0.2, 0.25) is 0 Å². The Hall–Kier alpha value is -0.0500. The van der Waals surface area contributed by atoms with Gasteiger partial charge in [-0.05, 0) is 42.4 Å². The lowest BCUT2D eigenvalue weighted by atomic mass is 9.79. The first-order valence-corrected chi connectivity index (χ1v) is 6.20. The predicted octanol–water partition coefficient (Wildman–Crippen LogP) is 4.69. The SMILES string of the molecule is CC1CCCC(c2ccc(N)c(S)c2)C1.Cl.Cl. The van der Waals surface area contributed by atoms with Crippen molar-refractivity contribution in [2.24, 2.45) is 5.92 Å². The smallest absolute Gasteiger partial charge is 0.0449 e. The van der Waals surface area contributed by atoms with Crippen molar-refractivity contribution < 1.29 is 0 Å². The van der Waals surface area contributed by atoms with E-state index in [0.717, 1.165) is 22.4 Å². The molecule has 4 heteroatoms. The zero-order valence-corrected chi connectivity index (χ0v) is 12.6. The lowest BCUT2D eigenvalue weighted by molar-refractivity contribution is 0.344. The van der Waals surface area contributed by atoms with Crippen molar-refractivity contribution in [3.63, 3.8) is 0 Å². The van der Waals surface area contributed by atoms with E-state index in [1.807, 2.05) is 6.07 Å². The van der Waals surface area contributed by atoms with Crippen LogP contribution in [-0.4, -0.2) is 0 Å². The van der Waals surface area contributed by atoms with E-state index >= 15 is 0 Å². The molecule has 0 radical (unpaired) electrons. The molecule has 0 amide bonds. The number of halogens is 2. The summed E-state index contributed by atoms with van der Waals surface area (Å²) in [6, 6.07) is 6.29. The maximum absolute atomic E-state index is 5.77. The summed E-state index contributed by atoms with van der Waals surface area (Å²) in [6.07, 6.45) is 5.38. The van der Waals surface area contributed by atoms with Crippen molar-refractivity contribution in [2.45, 2.75) is 43.4 Å². The van der Waals surface area contributed by atoms with Crippen LogP contribution in [0.4, 0.5) is 5.69 Å². The van der Waals surface area contributed by atoms with Crippen LogP contribution < -0.4 is 5.73 Å². The monoisotopic (exact) mass is 293 g/mol. The van der Waals surface area contributed by atoms with Crippen LogP contribution in [0.15, 0.2) is 23.1 Å². The lowest BCUT2D eigenvalue weighted by Crippen LogP contribution is -2.11. The molecule has 1 aromatic rings. The predicted molar refractivity (Wildman–Crippen MR) is 83.0 cm³/mol. The quantitative estimate of drug-likeness (QED) is 0.570. The standard InChI is InChI=1S/C13H19NS.2ClH/c1-9-3-2-4-10(7-9)11-5-6-12(14)13(15)8-11;;/h5-6,8-10,15H,2-4,7,14H2,1H3;2*1H. The fraction of sp³-hybridized carbons (Fsp3) is 0.538. The molecular formula is C13H21Cl2NS. The van der Waals surface area contributed by atoms with E-state index in [2.05, 4.69) is 31.7 Å². The highest BCUT2D eigenvalue weighted by atomic mass is 35.5. The van der Waals surface area contributed by atoms with E-state index in [0.29, 0.717) is 0 Å². The van der Waals surface area contributed by atoms with Gasteiger partial charge in [-0.3, -0.25) is 0 Å².